The number of hydrogen-bond acceptors (Lipinski definition) is 4. The average Bonchev–Trinajstić information content (AvgIpc) is 2.27. The van der Waals surface area contributed by atoms with E-state index in [4.69, 9.17) is 9.47 Å². The van der Waals surface area contributed by atoms with E-state index in [-0.39, 0.29) is 12.5 Å². The van der Waals surface area contributed by atoms with Crippen molar-refractivity contribution in [1.82, 2.24) is 0 Å². The highest BCUT2D eigenvalue weighted by molar-refractivity contribution is 5.75. The normalized spacial score (nSPS) is 9.47. The molecule has 0 aliphatic rings. The van der Waals surface area contributed by atoms with E-state index in [1.165, 1.54) is 0 Å². The number of rotatable bonds is 5. The van der Waals surface area contributed by atoms with Crippen molar-refractivity contribution >= 4 is 11.7 Å². The van der Waals surface area contributed by atoms with Crippen molar-refractivity contribution in [3.8, 4) is 5.75 Å². The number of carbonyl (C=O) groups is 1. The second kappa shape index (κ2) is 5.90. The van der Waals surface area contributed by atoms with Crippen LogP contribution in [0, 0.1) is 0 Å². The van der Waals surface area contributed by atoms with Gasteiger partial charge in [0.05, 0.1) is 13.7 Å². The van der Waals surface area contributed by atoms with Crippen LogP contribution >= 0.6 is 0 Å². The van der Waals surface area contributed by atoms with Crippen LogP contribution in [0.15, 0.2) is 24.3 Å². The third-order valence-electron chi connectivity index (χ3n) is 1.81. The number of nitrogens with one attached hydrogen (secondary N) is 1. The second-order valence-electron chi connectivity index (χ2n) is 2.89. The van der Waals surface area contributed by atoms with E-state index < -0.39 is 0 Å². The maximum Gasteiger partial charge on any atom is 0.325 e. The van der Waals surface area contributed by atoms with Gasteiger partial charge in [-0.1, -0.05) is 6.07 Å². The van der Waals surface area contributed by atoms with Crippen molar-refractivity contribution < 1.29 is 14.3 Å². The molecule has 0 heterocycles. The summed E-state index contributed by atoms with van der Waals surface area (Å²) < 4.78 is 9.84. The smallest absolute Gasteiger partial charge is 0.325 e. The van der Waals surface area contributed by atoms with Crippen LogP contribution in [0.2, 0.25) is 0 Å². The first-order chi connectivity index (χ1) is 7.26. The number of anilines is 1. The molecule has 0 fully saturated rings. The molecule has 0 aromatic heterocycles. The second-order valence-corrected chi connectivity index (χ2v) is 2.89. The minimum atomic E-state index is -0.264. The topological polar surface area (TPSA) is 47.6 Å². The fraction of sp³-hybridized carbons (Fsp3) is 0.364. The van der Waals surface area contributed by atoms with Gasteiger partial charge in [0.2, 0.25) is 0 Å². The highest BCUT2D eigenvalue weighted by Gasteiger charge is 2.01. The molecule has 0 saturated carbocycles. The quantitative estimate of drug-likeness (QED) is 0.749. The minimum absolute atomic E-state index is 0.168. The van der Waals surface area contributed by atoms with Crippen LogP contribution in [0.4, 0.5) is 5.69 Å². The van der Waals surface area contributed by atoms with Gasteiger partial charge in [-0.25, -0.2) is 0 Å². The maximum atomic E-state index is 11.1. The largest absolute Gasteiger partial charge is 0.497 e. The Hall–Kier alpha value is -1.71. The molecule has 0 spiro atoms. The molecular formula is C11H15NO3. The summed E-state index contributed by atoms with van der Waals surface area (Å²) in [5.74, 6) is 0.490. The molecule has 1 rings (SSSR count). The van der Waals surface area contributed by atoms with Crippen LogP contribution in [0.3, 0.4) is 0 Å². The summed E-state index contributed by atoms with van der Waals surface area (Å²) in [5, 5.41) is 2.95. The van der Waals surface area contributed by atoms with Crippen LogP contribution in [0.1, 0.15) is 6.92 Å². The Balaban J connectivity index is 2.46. The lowest BCUT2D eigenvalue weighted by Gasteiger charge is -2.07. The molecule has 1 aromatic carbocycles. The first-order valence-corrected chi connectivity index (χ1v) is 4.79. The molecule has 0 radical (unpaired) electrons. The summed E-state index contributed by atoms with van der Waals surface area (Å²) in [6, 6.07) is 7.38. The summed E-state index contributed by atoms with van der Waals surface area (Å²) in [5.41, 5.74) is 0.836. The monoisotopic (exact) mass is 209 g/mol. The van der Waals surface area contributed by atoms with Crippen LogP contribution in [-0.2, 0) is 9.53 Å². The van der Waals surface area contributed by atoms with Gasteiger partial charge in [-0.2, -0.15) is 0 Å². The predicted octanol–water partition coefficient (Wildman–Crippen LogP) is 1.67. The molecular weight excluding hydrogens is 194 g/mol. The average molecular weight is 209 g/mol. The molecule has 0 aliphatic carbocycles. The van der Waals surface area contributed by atoms with Crippen molar-refractivity contribution in [3.63, 3.8) is 0 Å². The number of benzene rings is 1. The number of methoxy groups -OCH3 is 1. The van der Waals surface area contributed by atoms with E-state index in [1.54, 1.807) is 14.0 Å². The van der Waals surface area contributed by atoms with Gasteiger partial charge in [0.1, 0.15) is 12.3 Å². The third-order valence-corrected chi connectivity index (χ3v) is 1.81. The summed E-state index contributed by atoms with van der Waals surface area (Å²) in [6.45, 7) is 2.35. The zero-order valence-corrected chi connectivity index (χ0v) is 8.95. The van der Waals surface area contributed by atoms with E-state index in [1.807, 2.05) is 24.3 Å². The minimum Gasteiger partial charge on any atom is -0.497 e. The van der Waals surface area contributed by atoms with E-state index in [0.29, 0.717) is 6.61 Å². The Labute approximate surface area is 89.2 Å². The van der Waals surface area contributed by atoms with E-state index >= 15 is 0 Å². The molecule has 0 saturated heterocycles. The van der Waals surface area contributed by atoms with Crippen LogP contribution in [-0.4, -0.2) is 26.2 Å². The molecule has 1 aromatic rings. The molecule has 15 heavy (non-hydrogen) atoms. The molecule has 0 bridgehead atoms. The first-order valence-electron chi connectivity index (χ1n) is 4.79. The van der Waals surface area contributed by atoms with Crippen molar-refractivity contribution in [2.45, 2.75) is 6.92 Å². The van der Waals surface area contributed by atoms with Gasteiger partial charge in [-0.3, -0.25) is 4.79 Å². The summed E-state index contributed by atoms with van der Waals surface area (Å²) >= 11 is 0. The van der Waals surface area contributed by atoms with Gasteiger partial charge in [0.25, 0.3) is 0 Å². The van der Waals surface area contributed by atoms with Gasteiger partial charge >= 0.3 is 5.97 Å². The molecule has 0 aliphatic heterocycles. The third kappa shape index (κ3) is 3.89. The molecule has 0 atom stereocenters. The maximum absolute atomic E-state index is 11.1. The van der Waals surface area contributed by atoms with Gasteiger partial charge < -0.3 is 14.8 Å². The SMILES string of the molecule is CCOC(=O)CNc1cccc(OC)c1. The predicted molar refractivity (Wildman–Crippen MR) is 58.1 cm³/mol. The van der Waals surface area contributed by atoms with Crippen molar-refractivity contribution in [1.29, 1.82) is 0 Å². The van der Waals surface area contributed by atoms with Crippen molar-refractivity contribution in [2.75, 3.05) is 25.6 Å². The van der Waals surface area contributed by atoms with Gasteiger partial charge in [-0.05, 0) is 19.1 Å². The van der Waals surface area contributed by atoms with Gasteiger partial charge in [0.15, 0.2) is 0 Å². The Morgan fingerprint density at radius 1 is 1.47 bits per heavy atom. The van der Waals surface area contributed by atoms with Gasteiger partial charge in [-0.15, -0.1) is 0 Å². The molecule has 0 unspecified atom stereocenters. The van der Waals surface area contributed by atoms with Crippen LogP contribution in [0.25, 0.3) is 0 Å². The lowest BCUT2D eigenvalue weighted by atomic mass is 10.3. The highest BCUT2D eigenvalue weighted by Crippen LogP contribution is 2.16. The summed E-state index contributed by atoms with van der Waals surface area (Å²) in [6.07, 6.45) is 0. The number of hydrogen-bond donors (Lipinski definition) is 1. The molecule has 1 N–H and O–H groups in total. The van der Waals surface area contributed by atoms with Crippen LogP contribution < -0.4 is 10.1 Å². The van der Waals surface area contributed by atoms with Crippen molar-refractivity contribution in [2.24, 2.45) is 0 Å². The summed E-state index contributed by atoms with van der Waals surface area (Å²) in [4.78, 5) is 11.1. The van der Waals surface area contributed by atoms with E-state index in [2.05, 4.69) is 5.32 Å². The van der Waals surface area contributed by atoms with E-state index in [9.17, 15) is 4.79 Å². The zero-order chi connectivity index (χ0) is 11.1. The fourth-order valence-corrected chi connectivity index (χ4v) is 1.12. The van der Waals surface area contributed by atoms with E-state index in [0.717, 1.165) is 11.4 Å². The first kappa shape index (κ1) is 11.4. The molecule has 4 heteroatoms. The fourth-order valence-electron chi connectivity index (χ4n) is 1.12. The van der Waals surface area contributed by atoms with Crippen molar-refractivity contribution in [3.05, 3.63) is 24.3 Å². The lowest BCUT2D eigenvalue weighted by molar-refractivity contribution is -0.140. The number of esters is 1. The number of carbonyl (C=O) groups excluding carboxylic acids is 1. The zero-order valence-electron chi connectivity index (χ0n) is 8.95. The Morgan fingerprint density at radius 3 is 2.93 bits per heavy atom. The summed E-state index contributed by atoms with van der Waals surface area (Å²) in [7, 11) is 1.60. The number of ether oxygens (including phenoxy) is 2. The van der Waals surface area contributed by atoms with Crippen LogP contribution in [0.5, 0.6) is 5.75 Å². The highest BCUT2D eigenvalue weighted by atomic mass is 16.5. The lowest BCUT2D eigenvalue weighted by Crippen LogP contribution is -2.16. The molecule has 4 nitrogen and oxygen atoms in total. The Morgan fingerprint density at radius 2 is 2.27 bits per heavy atom. The molecule has 0 amide bonds. The Kier molecular flexibility index (Phi) is 4.47. The Bertz CT molecular complexity index is 325. The van der Waals surface area contributed by atoms with Gasteiger partial charge in [0, 0.05) is 11.8 Å². The standard InChI is InChI=1S/C11H15NO3/c1-3-15-11(13)8-12-9-5-4-6-10(7-9)14-2/h4-7,12H,3,8H2,1-2H3. The molecule has 82 valence electrons.